The molecule has 0 saturated heterocycles. The van der Waals surface area contributed by atoms with E-state index in [0.717, 1.165) is 30.0 Å². The van der Waals surface area contributed by atoms with Crippen molar-refractivity contribution in [2.75, 3.05) is 5.32 Å². The molecule has 162 valence electrons. The number of carbonyl (C=O) groups excluding carboxylic acids is 1. The third kappa shape index (κ3) is 4.91. The van der Waals surface area contributed by atoms with Crippen molar-refractivity contribution >= 4 is 29.9 Å². The minimum absolute atomic E-state index is 0.155. The summed E-state index contributed by atoms with van der Waals surface area (Å²) in [5.41, 5.74) is 4.33. The minimum atomic E-state index is -0.155. The highest BCUT2D eigenvalue weighted by molar-refractivity contribution is 6.04. The monoisotopic (exact) mass is 434 g/mol. The average molecular weight is 434 g/mol. The van der Waals surface area contributed by atoms with E-state index in [4.69, 9.17) is 4.74 Å². The third-order valence-electron chi connectivity index (χ3n) is 5.30. The van der Waals surface area contributed by atoms with Crippen LogP contribution in [0.15, 0.2) is 90.9 Å². The van der Waals surface area contributed by atoms with Crippen LogP contribution in [-0.2, 0) is 6.42 Å². The summed E-state index contributed by atoms with van der Waals surface area (Å²) in [7, 11) is 0. The van der Waals surface area contributed by atoms with Gasteiger partial charge in [0.25, 0.3) is 5.91 Å². The van der Waals surface area contributed by atoms with Crippen molar-refractivity contribution in [3.63, 3.8) is 0 Å². The van der Waals surface area contributed by atoms with Gasteiger partial charge >= 0.3 is 0 Å². The van der Waals surface area contributed by atoms with Gasteiger partial charge in [-0.2, -0.15) is 5.10 Å². The van der Waals surface area contributed by atoms with Crippen LogP contribution in [0.25, 0.3) is 18.4 Å². The number of nitrogens with zero attached hydrogens (tertiary/aromatic N) is 3. The Morgan fingerprint density at radius 3 is 2.73 bits per heavy atom. The number of hydrogen-bond donors (Lipinski definition) is 1. The van der Waals surface area contributed by atoms with E-state index in [9.17, 15) is 4.79 Å². The van der Waals surface area contributed by atoms with Crippen molar-refractivity contribution in [3.8, 4) is 5.75 Å². The number of aryl methyl sites for hydroxylation is 1. The number of amides is 1. The molecule has 1 aliphatic rings. The molecule has 2 heterocycles. The molecular formula is C27H22N4O2. The van der Waals surface area contributed by atoms with Gasteiger partial charge in [0.2, 0.25) is 0 Å². The molecule has 33 heavy (non-hydrogen) atoms. The fourth-order valence-electron chi connectivity index (χ4n) is 3.64. The summed E-state index contributed by atoms with van der Waals surface area (Å²) in [5, 5.41) is 7.41. The first-order chi connectivity index (χ1) is 16.2. The normalized spacial score (nSPS) is 12.8. The van der Waals surface area contributed by atoms with Gasteiger partial charge in [0, 0.05) is 42.2 Å². The molecule has 2 aromatic heterocycles. The summed E-state index contributed by atoms with van der Waals surface area (Å²) in [5.74, 6) is 1.37. The Bertz CT molecular complexity index is 1320. The number of nitrogens with one attached hydrogen (secondary N) is 1. The van der Waals surface area contributed by atoms with Crippen molar-refractivity contribution in [1.29, 1.82) is 0 Å². The second-order valence-electron chi connectivity index (χ2n) is 7.63. The van der Waals surface area contributed by atoms with Gasteiger partial charge in [-0.25, -0.2) is 4.68 Å². The number of hydrogen-bond acceptors (Lipinski definition) is 4. The van der Waals surface area contributed by atoms with E-state index in [-0.39, 0.29) is 5.91 Å². The summed E-state index contributed by atoms with van der Waals surface area (Å²) < 4.78 is 8.00. The largest absolute Gasteiger partial charge is 0.462 e. The van der Waals surface area contributed by atoms with Gasteiger partial charge in [0.15, 0.2) is 0 Å². The molecule has 5 rings (SSSR count). The highest BCUT2D eigenvalue weighted by Crippen LogP contribution is 2.28. The maximum absolute atomic E-state index is 12.4. The van der Waals surface area contributed by atoms with Crippen LogP contribution in [0.1, 0.15) is 33.7 Å². The standard InChI is InChI=1S/C27H22N4O2/c32-27(20-7-2-1-3-8-20)30-23-10-6-11-24(17-23)33-25-13-12-21-19-29-31(26(21)18-25)16-14-22-9-4-5-15-28-22/h1-11,14-19H,12-13H2,(H,30,32). The van der Waals surface area contributed by atoms with Crippen LogP contribution in [0, 0.1) is 0 Å². The van der Waals surface area contributed by atoms with E-state index >= 15 is 0 Å². The molecule has 1 aliphatic carbocycles. The smallest absolute Gasteiger partial charge is 0.255 e. The molecule has 1 N–H and O–H groups in total. The summed E-state index contributed by atoms with van der Waals surface area (Å²) in [4.78, 5) is 16.8. The van der Waals surface area contributed by atoms with Gasteiger partial charge in [-0.1, -0.05) is 30.3 Å². The first-order valence-electron chi connectivity index (χ1n) is 10.8. The van der Waals surface area contributed by atoms with E-state index in [1.807, 2.05) is 89.9 Å². The van der Waals surface area contributed by atoms with Crippen molar-refractivity contribution in [2.24, 2.45) is 0 Å². The van der Waals surface area contributed by atoms with Gasteiger partial charge in [0.05, 0.1) is 17.6 Å². The maximum Gasteiger partial charge on any atom is 0.255 e. The minimum Gasteiger partial charge on any atom is -0.462 e. The van der Waals surface area contributed by atoms with Crippen LogP contribution in [0.5, 0.6) is 5.75 Å². The van der Waals surface area contributed by atoms with Crippen molar-refractivity contribution < 1.29 is 9.53 Å². The number of rotatable bonds is 6. The predicted molar refractivity (Wildman–Crippen MR) is 129 cm³/mol. The maximum atomic E-state index is 12.4. The van der Waals surface area contributed by atoms with Crippen molar-refractivity contribution in [3.05, 3.63) is 113 Å². The first kappa shape index (κ1) is 20.5. The summed E-state index contributed by atoms with van der Waals surface area (Å²) in [6, 6.07) is 22.3. The lowest BCUT2D eigenvalue weighted by atomic mass is 10.0. The topological polar surface area (TPSA) is 69.0 Å². The van der Waals surface area contributed by atoms with Crippen LogP contribution in [-0.4, -0.2) is 20.7 Å². The van der Waals surface area contributed by atoms with Gasteiger partial charge in [-0.15, -0.1) is 0 Å². The number of benzene rings is 2. The molecule has 0 fully saturated rings. The Kier molecular flexibility index (Phi) is 5.80. The Balaban J connectivity index is 1.31. The molecule has 6 nitrogen and oxygen atoms in total. The molecule has 0 atom stereocenters. The lowest BCUT2D eigenvalue weighted by Crippen LogP contribution is -2.11. The third-order valence-corrected chi connectivity index (χ3v) is 5.30. The highest BCUT2D eigenvalue weighted by atomic mass is 16.5. The van der Waals surface area contributed by atoms with E-state index in [0.29, 0.717) is 17.0 Å². The molecule has 0 saturated carbocycles. The lowest BCUT2D eigenvalue weighted by molar-refractivity contribution is 0.102. The second kappa shape index (κ2) is 9.36. The number of pyridine rings is 1. The van der Waals surface area contributed by atoms with Gasteiger partial charge in [-0.3, -0.25) is 9.78 Å². The van der Waals surface area contributed by atoms with Crippen LogP contribution in [0.3, 0.4) is 0 Å². The molecule has 0 radical (unpaired) electrons. The van der Waals surface area contributed by atoms with Gasteiger partial charge in [0.1, 0.15) is 11.5 Å². The number of anilines is 1. The average Bonchev–Trinajstić information content (AvgIpc) is 3.26. The van der Waals surface area contributed by atoms with Crippen LogP contribution < -0.4 is 10.1 Å². The predicted octanol–water partition coefficient (Wildman–Crippen LogP) is 5.52. The molecule has 4 aromatic rings. The van der Waals surface area contributed by atoms with E-state index in [1.54, 1.807) is 18.3 Å². The van der Waals surface area contributed by atoms with Gasteiger partial charge < -0.3 is 10.1 Å². The number of ether oxygens (including phenoxy) is 1. The van der Waals surface area contributed by atoms with E-state index in [1.165, 1.54) is 5.56 Å². The van der Waals surface area contributed by atoms with Gasteiger partial charge in [-0.05, 0) is 54.5 Å². The Morgan fingerprint density at radius 1 is 1.00 bits per heavy atom. The number of carbonyl (C=O) groups is 1. The van der Waals surface area contributed by atoms with Crippen LogP contribution in [0.4, 0.5) is 5.69 Å². The Hall–Kier alpha value is -4.45. The molecule has 0 unspecified atom stereocenters. The number of allylic oxidation sites excluding steroid dienone is 1. The molecule has 1 amide bonds. The zero-order valence-corrected chi connectivity index (χ0v) is 17.9. The van der Waals surface area contributed by atoms with Crippen LogP contribution in [0.2, 0.25) is 0 Å². The Labute approximate surface area is 191 Å². The Morgan fingerprint density at radius 2 is 1.88 bits per heavy atom. The lowest BCUT2D eigenvalue weighted by Gasteiger charge is -2.16. The summed E-state index contributed by atoms with van der Waals surface area (Å²) in [6.07, 6.45) is 11.1. The SMILES string of the molecule is O=C(Nc1cccc(OC2=Cc3c(cnn3C=Cc3ccccn3)CC2)c1)c1ccccc1. The highest BCUT2D eigenvalue weighted by Gasteiger charge is 2.16. The quantitative estimate of drug-likeness (QED) is 0.434. The summed E-state index contributed by atoms with van der Waals surface area (Å²) >= 11 is 0. The zero-order valence-electron chi connectivity index (χ0n) is 17.9. The molecule has 0 bridgehead atoms. The van der Waals surface area contributed by atoms with E-state index in [2.05, 4.69) is 15.4 Å². The molecule has 6 heteroatoms. The second-order valence-corrected chi connectivity index (χ2v) is 7.63. The number of fused-ring (bicyclic) bond motifs is 1. The fourth-order valence-corrected chi connectivity index (χ4v) is 3.64. The van der Waals surface area contributed by atoms with Crippen molar-refractivity contribution in [1.82, 2.24) is 14.8 Å². The van der Waals surface area contributed by atoms with E-state index < -0.39 is 0 Å². The zero-order chi connectivity index (χ0) is 22.5. The first-order valence-corrected chi connectivity index (χ1v) is 10.8. The molecule has 0 aliphatic heterocycles. The molecular weight excluding hydrogens is 412 g/mol. The molecule has 2 aromatic carbocycles. The van der Waals surface area contributed by atoms with Crippen LogP contribution >= 0.6 is 0 Å². The summed E-state index contributed by atoms with van der Waals surface area (Å²) in [6.45, 7) is 0. The molecule has 0 spiro atoms. The number of aromatic nitrogens is 3. The van der Waals surface area contributed by atoms with Crippen molar-refractivity contribution in [2.45, 2.75) is 12.8 Å². The fraction of sp³-hybridized carbons (Fsp3) is 0.0741.